The van der Waals surface area contributed by atoms with E-state index in [1.54, 1.807) is 0 Å². The minimum absolute atomic E-state index is 0.177. The molecule has 0 N–H and O–H groups in total. The molecule has 1 saturated heterocycles. The average molecular weight is 254 g/mol. The van der Waals surface area contributed by atoms with Gasteiger partial charge in [0.2, 0.25) is 0 Å². The lowest BCUT2D eigenvalue weighted by Gasteiger charge is -2.43. The van der Waals surface area contributed by atoms with Crippen molar-refractivity contribution >= 4 is 6.09 Å². The Hall–Kier alpha value is -1.03. The molecule has 1 aliphatic rings. The first-order valence-electron chi connectivity index (χ1n) is 6.59. The number of ether oxygens (including phenoxy) is 1. The summed E-state index contributed by atoms with van der Waals surface area (Å²) in [7, 11) is 0. The Bertz CT molecular complexity index is 309. The maximum atomic E-state index is 12.1. The predicted octanol–water partition coefficient (Wildman–Crippen LogP) is 2.50. The van der Waals surface area contributed by atoms with Gasteiger partial charge < -0.3 is 9.64 Å². The molecule has 1 rings (SSSR count). The van der Waals surface area contributed by atoms with Crippen molar-refractivity contribution in [2.24, 2.45) is 0 Å². The second-order valence-electron chi connectivity index (χ2n) is 6.07. The predicted molar refractivity (Wildman–Crippen MR) is 73.6 cm³/mol. The summed E-state index contributed by atoms with van der Waals surface area (Å²) in [5, 5.41) is 0. The van der Waals surface area contributed by atoms with Crippen LogP contribution in [0.5, 0.6) is 0 Å². The summed E-state index contributed by atoms with van der Waals surface area (Å²) in [4.78, 5) is 16.3. The van der Waals surface area contributed by atoms with Crippen LogP contribution in [0.4, 0.5) is 4.79 Å². The van der Waals surface area contributed by atoms with Crippen LogP contribution in [-0.2, 0) is 4.74 Å². The summed E-state index contributed by atoms with van der Waals surface area (Å²) in [6, 6.07) is 0.516. The molecule has 0 aromatic carbocycles. The fourth-order valence-corrected chi connectivity index (χ4v) is 2.19. The Morgan fingerprint density at radius 3 is 2.44 bits per heavy atom. The lowest BCUT2D eigenvalue weighted by molar-refractivity contribution is -0.00787. The Kier molecular flexibility index (Phi) is 4.79. The van der Waals surface area contributed by atoms with E-state index in [2.05, 4.69) is 25.3 Å². The maximum Gasteiger partial charge on any atom is 0.410 e. The van der Waals surface area contributed by atoms with Crippen LogP contribution in [0.1, 0.15) is 34.6 Å². The largest absolute Gasteiger partial charge is 0.444 e. The van der Waals surface area contributed by atoms with Gasteiger partial charge in [-0.1, -0.05) is 6.08 Å². The molecule has 0 saturated carbocycles. The first-order chi connectivity index (χ1) is 8.24. The van der Waals surface area contributed by atoms with Crippen molar-refractivity contribution < 1.29 is 9.53 Å². The number of hydrogen-bond donors (Lipinski definition) is 0. The number of piperazine rings is 1. The molecule has 0 unspecified atom stereocenters. The topological polar surface area (TPSA) is 32.8 Å². The molecule has 104 valence electrons. The summed E-state index contributed by atoms with van der Waals surface area (Å²) in [5.74, 6) is 0. The quantitative estimate of drug-likeness (QED) is 0.710. The molecule has 0 bridgehead atoms. The first kappa shape index (κ1) is 15.0. The highest BCUT2D eigenvalue weighted by molar-refractivity contribution is 5.68. The summed E-state index contributed by atoms with van der Waals surface area (Å²) in [5.41, 5.74) is -0.432. The van der Waals surface area contributed by atoms with Gasteiger partial charge in [-0.05, 0) is 34.6 Å². The molecule has 1 amide bonds. The van der Waals surface area contributed by atoms with Crippen molar-refractivity contribution in [1.29, 1.82) is 0 Å². The molecule has 4 heteroatoms. The summed E-state index contributed by atoms with van der Waals surface area (Å²) >= 11 is 0. The van der Waals surface area contributed by atoms with E-state index in [1.165, 1.54) is 0 Å². The van der Waals surface area contributed by atoms with Gasteiger partial charge in [-0.25, -0.2) is 4.79 Å². The third kappa shape index (κ3) is 4.02. The van der Waals surface area contributed by atoms with Crippen molar-refractivity contribution in [2.45, 2.75) is 52.3 Å². The Balaban J connectivity index is 2.64. The zero-order valence-electron chi connectivity index (χ0n) is 12.3. The van der Waals surface area contributed by atoms with E-state index in [-0.39, 0.29) is 12.1 Å². The van der Waals surface area contributed by atoms with Gasteiger partial charge >= 0.3 is 6.09 Å². The second kappa shape index (κ2) is 5.74. The fraction of sp³-hybridized carbons (Fsp3) is 0.786. The third-order valence-electron chi connectivity index (χ3n) is 3.11. The standard InChI is InChI=1S/C14H26N2O2/c1-7-8-15-9-12(3)16(10-11(15)2)13(17)18-14(4,5)6/h7,11-12H,1,8-10H2,2-6H3/t11-,12+/m0/s1. The SMILES string of the molecule is C=CCN1C[C@@H](C)N(C(=O)OC(C)(C)C)C[C@@H]1C. The molecule has 0 aliphatic carbocycles. The highest BCUT2D eigenvalue weighted by atomic mass is 16.6. The fourth-order valence-electron chi connectivity index (χ4n) is 2.19. The molecule has 1 heterocycles. The van der Waals surface area contributed by atoms with E-state index in [0.717, 1.165) is 13.1 Å². The molecule has 2 atom stereocenters. The molecule has 0 aromatic heterocycles. The van der Waals surface area contributed by atoms with Crippen molar-refractivity contribution in [1.82, 2.24) is 9.80 Å². The van der Waals surface area contributed by atoms with Crippen LogP contribution in [0, 0.1) is 0 Å². The Morgan fingerprint density at radius 1 is 1.33 bits per heavy atom. The molecule has 4 nitrogen and oxygen atoms in total. The van der Waals surface area contributed by atoms with Crippen molar-refractivity contribution in [3.05, 3.63) is 12.7 Å². The number of carbonyl (C=O) groups is 1. The monoisotopic (exact) mass is 254 g/mol. The normalized spacial score (nSPS) is 25.9. The summed E-state index contributed by atoms with van der Waals surface area (Å²) < 4.78 is 5.44. The lowest BCUT2D eigenvalue weighted by Crippen LogP contribution is -2.58. The minimum Gasteiger partial charge on any atom is -0.444 e. The minimum atomic E-state index is -0.432. The molecule has 0 radical (unpaired) electrons. The highest BCUT2D eigenvalue weighted by Gasteiger charge is 2.33. The van der Waals surface area contributed by atoms with Crippen molar-refractivity contribution in [2.75, 3.05) is 19.6 Å². The Morgan fingerprint density at radius 2 is 1.94 bits per heavy atom. The molecular weight excluding hydrogens is 228 g/mol. The van der Waals surface area contributed by atoms with E-state index in [1.807, 2.05) is 31.7 Å². The molecule has 0 spiro atoms. The van der Waals surface area contributed by atoms with Crippen molar-refractivity contribution in [3.63, 3.8) is 0 Å². The van der Waals surface area contributed by atoms with Gasteiger partial charge in [0.25, 0.3) is 0 Å². The van der Waals surface area contributed by atoms with Crippen molar-refractivity contribution in [3.8, 4) is 0 Å². The van der Waals surface area contributed by atoms with Gasteiger partial charge in [0.15, 0.2) is 0 Å². The number of rotatable bonds is 2. The number of hydrogen-bond acceptors (Lipinski definition) is 3. The van der Waals surface area contributed by atoms with Crippen LogP contribution >= 0.6 is 0 Å². The average Bonchev–Trinajstić information content (AvgIpc) is 2.20. The molecular formula is C14H26N2O2. The van der Waals surface area contributed by atoms with E-state index >= 15 is 0 Å². The van der Waals surface area contributed by atoms with E-state index in [9.17, 15) is 4.79 Å². The third-order valence-corrected chi connectivity index (χ3v) is 3.11. The zero-order chi connectivity index (χ0) is 13.9. The molecule has 1 fully saturated rings. The van der Waals surface area contributed by atoms with Crippen LogP contribution in [0.15, 0.2) is 12.7 Å². The number of nitrogens with zero attached hydrogens (tertiary/aromatic N) is 2. The van der Waals surface area contributed by atoms with Crippen LogP contribution in [0.3, 0.4) is 0 Å². The summed E-state index contributed by atoms with van der Waals surface area (Å²) in [6.07, 6.45) is 1.70. The van der Waals surface area contributed by atoms with E-state index in [4.69, 9.17) is 4.74 Å². The first-order valence-corrected chi connectivity index (χ1v) is 6.59. The smallest absolute Gasteiger partial charge is 0.410 e. The van der Waals surface area contributed by atoms with Crippen LogP contribution < -0.4 is 0 Å². The molecule has 1 aliphatic heterocycles. The summed E-state index contributed by atoms with van der Waals surface area (Å²) in [6.45, 7) is 16.1. The maximum absolute atomic E-state index is 12.1. The van der Waals surface area contributed by atoms with Crippen LogP contribution in [0.25, 0.3) is 0 Å². The van der Waals surface area contributed by atoms with Gasteiger partial charge in [-0.2, -0.15) is 0 Å². The lowest BCUT2D eigenvalue weighted by atomic mass is 10.1. The Labute approximate surface area is 111 Å². The molecule has 0 aromatic rings. The van der Waals surface area contributed by atoms with Gasteiger partial charge in [0, 0.05) is 31.7 Å². The van der Waals surface area contributed by atoms with Crippen LogP contribution in [-0.4, -0.2) is 53.2 Å². The molecule has 18 heavy (non-hydrogen) atoms. The van der Waals surface area contributed by atoms with Gasteiger partial charge in [0.1, 0.15) is 5.60 Å². The number of carbonyl (C=O) groups excluding carboxylic acids is 1. The van der Waals surface area contributed by atoms with Crippen LogP contribution in [0.2, 0.25) is 0 Å². The van der Waals surface area contributed by atoms with Gasteiger partial charge in [0.05, 0.1) is 0 Å². The number of amides is 1. The van der Waals surface area contributed by atoms with Gasteiger partial charge in [-0.15, -0.1) is 6.58 Å². The van der Waals surface area contributed by atoms with Gasteiger partial charge in [-0.3, -0.25) is 4.90 Å². The van der Waals surface area contributed by atoms with E-state index < -0.39 is 5.60 Å². The second-order valence-corrected chi connectivity index (χ2v) is 6.07. The highest BCUT2D eigenvalue weighted by Crippen LogP contribution is 2.18. The zero-order valence-corrected chi connectivity index (χ0v) is 12.3. The van der Waals surface area contributed by atoms with E-state index in [0.29, 0.717) is 12.6 Å².